The molecule has 0 spiro atoms. The number of amides is 2. The van der Waals surface area contributed by atoms with Gasteiger partial charge in [0.1, 0.15) is 5.01 Å². The van der Waals surface area contributed by atoms with Crippen LogP contribution in [0.3, 0.4) is 0 Å². The van der Waals surface area contributed by atoms with Gasteiger partial charge < -0.3 is 20.4 Å². The van der Waals surface area contributed by atoms with Gasteiger partial charge in [-0.25, -0.2) is 14.6 Å². The molecule has 2 amide bonds. The quantitative estimate of drug-likeness (QED) is 0.675. The van der Waals surface area contributed by atoms with Crippen LogP contribution in [0.15, 0.2) is 5.38 Å². The summed E-state index contributed by atoms with van der Waals surface area (Å²) in [7, 11) is 0. The third kappa shape index (κ3) is 4.98. The zero-order valence-electron chi connectivity index (χ0n) is 12.2. The van der Waals surface area contributed by atoms with Crippen molar-refractivity contribution in [3.05, 3.63) is 16.1 Å². The van der Waals surface area contributed by atoms with Crippen LogP contribution in [0.1, 0.15) is 42.2 Å². The Morgan fingerprint density at radius 1 is 1.43 bits per heavy atom. The molecule has 0 saturated heterocycles. The molecule has 0 atom stereocenters. The molecule has 118 valence electrons. The average Bonchev–Trinajstić information content (AvgIpc) is 2.94. The van der Waals surface area contributed by atoms with E-state index in [1.54, 1.807) is 4.90 Å². The van der Waals surface area contributed by atoms with Crippen molar-refractivity contribution in [3.8, 4) is 0 Å². The first-order valence-electron chi connectivity index (χ1n) is 6.86. The highest BCUT2D eigenvalue weighted by molar-refractivity contribution is 7.09. The highest BCUT2D eigenvalue weighted by Crippen LogP contribution is 2.11. The Bertz CT molecular complexity index is 474. The van der Waals surface area contributed by atoms with Gasteiger partial charge >= 0.3 is 12.0 Å². The number of hydrogen-bond acceptors (Lipinski definition) is 5. The summed E-state index contributed by atoms with van der Waals surface area (Å²) in [5.41, 5.74) is -0.0172. The van der Waals surface area contributed by atoms with Gasteiger partial charge in [-0.3, -0.25) is 0 Å². The number of urea groups is 1. The van der Waals surface area contributed by atoms with Crippen molar-refractivity contribution in [2.24, 2.45) is 0 Å². The first kappa shape index (κ1) is 17.4. The normalized spacial score (nSPS) is 10.7. The number of aromatic carboxylic acids is 1. The van der Waals surface area contributed by atoms with Gasteiger partial charge in [-0.2, -0.15) is 0 Å². The van der Waals surface area contributed by atoms with E-state index in [-0.39, 0.29) is 37.5 Å². The van der Waals surface area contributed by atoms with E-state index in [0.717, 1.165) is 12.8 Å². The minimum Gasteiger partial charge on any atom is -0.476 e. The summed E-state index contributed by atoms with van der Waals surface area (Å²) in [5, 5.41) is 22.6. The average molecular weight is 315 g/mol. The number of nitrogens with one attached hydrogen (secondary N) is 1. The second-order valence-corrected chi connectivity index (χ2v) is 5.42. The number of carboxylic acids is 1. The molecule has 0 bridgehead atoms. The van der Waals surface area contributed by atoms with Crippen LogP contribution < -0.4 is 5.32 Å². The Balaban J connectivity index is 2.61. The summed E-state index contributed by atoms with van der Waals surface area (Å²) in [4.78, 5) is 28.4. The molecule has 8 heteroatoms. The molecule has 0 radical (unpaired) electrons. The molecule has 1 aromatic rings. The highest BCUT2D eigenvalue weighted by Gasteiger charge is 2.20. The maximum atomic E-state index is 12.2. The zero-order valence-corrected chi connectivity index (χ0v) is 13.0. The lowest BCUT2D eigenvalue weighted by Gasteiger charge is -2.29. The van der Waals surface area contributed by atoms with E-state index in [1.807, 2.05) is 13.8 Å². The molecule has 3 N–H and O–H groups in total. The van der Waals surface area contributed by atoms with E-state index < -0.39 is 5.97 Å². The van der Waals surface area contributed by atoms with E-state index in [9.17, 15) is 9.59 Å². The lowest BCUT2D eigenvalue weighted by Crippen LogP contribution is -2.46. The van der Waals surface area contributed by atoms with Crippen LogP contribution in [0.2, 0.25) is 0 Å². The number of rotatable bonds is 8. The van der Waals surface area contributed by atoms with Crippen molar-refractivity contribution >= 4 is 23.3 Å². The summed E-state index contributed by atoms with van der Waals surface area (Å²) in [6.45, 7) is 4.34. The predicted octanol–water partition coefficient (Wildman–Crippen LogP) is 1.53. The monoisotopic (exact) mass is 315 g/mol. The summed E-state index contributed by atoms with van der Waals surface area (Å²) in [6, 6.07) is -0.201. The number of aliphatic hydroxyl groups excluding tert-OH is 1. The highest BCUT2D eigenvalue weighted by atomic mass is 32.1. The number of carboxylic acid groups (broad SMARTS) is 1. The summed E-state index contributed by atoms with van der Waals surface area (Å²) in [6.07, 6.45) is 1.62. The number of aliphatic hydroxyl groups is 1. The van der Waals surface area contributed by atoms with Gasteiger partial charge in [0.05, 0.1) is 13.2 Å². The van der Waals surface area contributed by atoms with Crippen LogP contribution in [0.4, 0.5) is 4.79 Å². The van der Waals surface area contributed by atoms with Gasteiger partial charge in [-0.15, -0.1) is 11.3 Å². The molecule has 0 unspecified atom stereocenters. The first-order chi connectivity index (χ1) is 10.0. The van der Waals surface area contributed by atoms with Gasteiger partial charge in [-0.1, -0.05) is 13.8 Å². The maximum Gasteiger partial charge on any atom is 0.355 e. The lowest BCUT2D eigenvalue weighted by molar-refractivity contribution is 0.0691. The second-order valence-electron chi connectivity index (χ2n) is 4.48. The molecule has 21 heavy (non-hydrogen) atoms. The molecular weight excluding hydrogens is 294 g/mol. The molecule has 0 aliphatic heterocycles. The Kier molecular flexibility index (Phi) is 7.10. The van der Waals surface area contributed by atoms with Crippen molar-refractivity contribution in [1.29, 1.82) is 0 Å². The minimum absolute atomic E-state index is 0.0172. The molecule has 1 heterocycles. The number of carbonyl (C=O) groups excluding carboxylic acids is 1. The second kappa shape index (κ2) is 8.58. The van der Waals surface area contributed by atoms with Crippen LogP contribution in [0, 0.1) is 0 Å². The van der Waals surface area contributed by atoms with E-state index in [2.05, 4.69) is 10.3 Å². The molecule has 7 nitrogen and oxygen atoms in total. The summed E-state index contributed by atoms with van der Waals surface area (Å²) < 4.78 is 0. The maximum absolute atomic E-state index is 12.2. The van der Waals surface area contributed by atoms with E-state index in [4.69, 9.17) is 10.2 Å². The van der Waals surface area contributed by atoms with E-state index in [1.165, 1.54) is 16.7 Å². The number of thiazole rings is 1. The minimum atomic E-state index is -1.08. The van der Waals surface area contributed by atoms with Crippen LogP contribution in [0.25, 0.3) is 0 Å². The van der Waals surface area contributed by atoms with Crippen LogP contribution >= 0.6 is 11.3 Å². The largest absolute Gasteiger partial charge is 0.476 e. The van der Waals surface area contributed by atoms with Crippen molar-refractivity contribution in [3.63, 3.8) is 0 Å². The number of hydrogen-bond donors (Lipinski definition) is 3. The molecule has 1 rings (SSSR count). The fourth-order valence-corrected chi connectivity index (χ4v) is 2.74. The molecule has 1 aromatic heterocycles. The fraction of sp³-hybridized carbons (Fsp3) is 0.615. The van der Waals surface area contributed by atoms with E-state index in [0.29, 0.717) is 5.01 Å². The van der Waals surface area contributed by atoms with Gasteiger partial charge in [0.2, 0.25) is 0 Å². The number of aromatic nitrogens is 1. The molecule has 0 aromatic carbocycles. The molecule has 0 aliphatic rings. The third-order valence-corrected chi connectivity index (χ3v) is 4.00. The van der Waals surface area contributed by atoms with Crippen molar-refractivity contribution in [2.75, 3.05) is 13.2 Å². The Labute approximate surface area is 127 Å². The first-order valence-corrected chi connectivity index (χ1v) is 7.74. The standard InChI is InChI=1S/C13H21N3O4S/c1-3-9(4-2)16(5-6-17)13(20)14-7-11-15-10(8-21-11)12(18)19/h8-9,17H,3-7H2,1-2H3,(H,14,20)(H,18,19). The summed E-state index contributed by atoms with van der Waals surface area (Å²) in [5.74, 6) is -1.08. The topological polar surface area (TPSA) is 103 Å². The van der Waals surface area contributed by atoms with Gasteiger partial charge in [0, 0.05) is 18.0 Å². The predicted molar refractivity (Wildman–Crippen MR) is 79.5 cm³/mol. The van der Waals surface area contributed by atoms with Gasteiger partial charge in [0.25, 0.3) is 0 Å². The van der Waals surface area contributed by atoms with Gasteiger partial charge in [0.15, 0.2) is 5.69 Å². The SMILES string of the molecule is CCC(CC)N(CCO)C(=O)NCc1nc(C(=O)O)cs1. The zero-order chi connectivity index (χ0) is 15.8. The van der Waals surface area contributed by atoms with Gasteiger partial charge in [-0.05, 0) is 12.8 Å². The molecular formula is C13H21N3O4S. The number of carbonyl (C=O) groups is 2. The third-order valence-electron chi connectivity index (χ3n) is 3.15. The Hall–Kier alpha value is -1.67. The van der Waals surface area contributed by atoms with Crippen molar-refractivity contribution < 1.29 is 19.8 Å². The van der Waals surface area contributed by atoms with E-state index >= 15 is 0 Å². The molecule has 0 aliphatic carbocycles. The number of nitrogens with zero attached hydrogens (tertiary/aromatic N) is 2. The van der Waals surface area contributed by atoms with Crippen LogP contribution in [-0.2, 0) is 6.54 Å². The fourth-order valence-electron chi connectivity index (χ4n) is 2.03. The lowest BCUT2D eigenvalue weighted by atomic mass is 10.1. The smallest absolute Gasteiger partial charge is 0.355 e. The summed E-state index contributed by atoms with van der Waals surface area (Å²) >= 11 is 1.19. The Morgan fingerprint density at radius 2 is 2.10 bits per heavy atom. The van der Waals surface area contributed by atoms with Crippen molar-refractivity contribution in [1.82, 2.24) is 15.2 Å². The van der Waals surface area contributed by atoms with Crippen molar-refractivity contribution in [2.45, 2.75) is 39.3 Å². The molecule has 0 fully saturated rings. The van der Waals surface area contributed by atoms with Crippen LogP contribution in [-0.4, -0.2) is 51.3 Å². The van der Waals surface area contributed by atoms with Crippen LogP contribution in [0.5, 0.6) is 0 Å². The Morgan fingerprint density at radius 3 is 2.57 bits per heavy atom. The molecule has 0 saturated carbocycles.